The largest absolute Gasteiger partial charge is 0.382 e. The van der Waals surface area contributed by atoms with E-state index in [1.807, 2.05) is 6.07 Å². The average Bonchev–Trinajstić information content (AvgIpc) is 2.17. The first kappa shape index (κ1) is 10.2. The van der Waals surface area contributed by atoms with E-state index in [0.29, 0.717) is 11.1 Å². The SMILES string of the molecule is N#Cc1ccc([C@@H](O)C[N+](=O)[O-])cc1. The number of benzene rings is 1. The Bertz CT molecular complexity index is 367. The summed E-state index contributed by atoms with van der Waals surface area (Å²) in [7, 11) is 0. The molecule has 0 heterocycles. The van der Waals surface area contributed by atoms with Crippen molar-refractivity contribution in [3.8, 4) is 6.07 Å². The molecule has 14 heavy (non-hydrogen) atoms. The maximum atomic E-state index is 10.1. The third-order valence-electron chi connectivity index (χ3n) is 1.75. The van der Waals surface area contributed by atoms with Gasteiger partial charge in [-0.25, -0.2) is 0 Å². The highest BCUT2D eigenvalue weighted by molar-refractivity contribution is 5.32. The smallest absolute Gasteiger partial charge is 0.233 e. The maximum Gasteiger partial charge on any atom is 0.233 e. The van der Waals surface area contributed by atoms with Crippen molar-refractivity contribution in [1.82, 2.24) is 0 Å². The highest BCUT2D eigenvalue weighted by Gasteiger charge is 2.13. The summed E-state index contributed by atoms with van der Waals surface area (Å²) in [5.41, 5.74) is 0.905. The quantitative estimate of drug-likeness (QED) is 0.568. The second kappa shape index (κ2) is 4.35. The van der Waals surface area contributed by atoms with Gasteiger partial charge in [0.2, 0.25) is 6.54 Å². The number of nitro groups is 1. The van der Waals surface area contributed by atoms with Crippen LogP contribution in [0.2, 0.25) is 0 Å². The maximum absolute atomic E-state index is 10.1. The molecule has 0 aliphatic rings. The molecule has 0 bridgehead atoms. The standard InChI is InChI=1S/C9H8N2O3/c10-5-7-1-3-8(4-2-7)9(12)6-11(13)14/h1-4,9,12H,6H2/t9-/m0/s1. The predicted octanol–water partition coefficient (Wildman–Crippen LogP) is 0.868. The number of aliphatic hydroxyl groups excluding tert-OH is 1. The van der Waals surface area contributed by atoms with Crippen LogP contribution in [0.5, 0.6) is 0 Å². The van der Waals surface area contributed by atoms with Crippen LogP contribution in [0.15, 0.2) is 24.3 Å². The lowest BCUT2D eigenvalue weighted by Gasteiger charge is -2.05. The Morgan fingerprint density at radius 1 is 1.50 bits per heavy atom. The van der Waals surface area contributed by atoms with E-state index in [1.165, 1.54) is 24.3 Å². The van der Waals surface area contributed by atoms with E-state index in [4.69, 9.17) is 5.26 Å². The molecule has 0 saturated heterocycles. The fourth-order valence-electron chi connectivity index (χ4n) is 1.03. The van der Waals surface area contributed by atoms with E-state index in [-0.39, 0.29) is 0 Å². The van der Waals surface area contributed by atoms with Gasteiger partial charge >= 0.3 is 0 Å². The summed E-state index contributed by atoms with van der Waals surface area (Å²) < 4.78 is 0. The van der Waals surface area contributed by atoms with Gasteiger partial charge in [0.1, 0.15) is 6.10 Å². The fourth-order valence-corrected chi connectivity index (χ4v) is 1.03. The number of rotatable bonds is 3. The summed E-state index contributed by atoms with van der Waals surface area (Å²) in [5, 5.41) is 27.9. The van der Waals surface area contributed by atoms with Gasteiger partial charge in [0, 0.05) is 4.92 Å². The van der Waals surface area contributed by atoms with Crippen LogP contribution in [-0.4, -0.2) is 16.6 Å². The molecule has 0 aliphatic heterocycles. The molecule has 0 amide bonds. The fraction of sp³-hybridized carbons (Fsp3) is 0.222. The van der Waals surface area contributed by atoms with Crippen molar-refractivity contribution in [3.63, 3.8) is 0 Å². The van der Waals surface area contributed by atoms with Gasteiger partial charge in [-0.15, -0.1) is 0 Å². The van der Waals surface area contributed by atoms with Gasteiger partial charge in [-0.1, -0.05) is 12.1 Å². The van der Waals surface area contributed by atoms with Crippen molar-refractivity contribution in [2.75, 3.05) is 6.54 Å². The van der Waals surface area contributed by atoms with Crippen molar-refractivity contribution in [1.29, 1.82) is 5.26 Å². The highest BCUT2D eigenvalue weighted by Crippen LogP contribution is 2.13. The molecule has 5 nitrogen and oxygen atoms in total. The zero-order valence-corrected chi connectivity index (χ0v) is 7.25. The molecule has 0 radical (unpaired) electrons. The second-order valence-electron chi connectivity index (χ2n) is 2.76. The molecule has 0 spiro atoms. The number of nitriles is 1. The van der Waals surface area contributed by atoms with Crippen molar-refractivity contribution in [2.45, 2.75) is 6.10 Å². The van der Waals surface area contributed by atoms with E-state index in [1.54, 1.807) is 0 Å². The zero-order valence-electron chi connectivity index (χ0n) is 7.25. The molecule has 0 saturated carbocycles. The number of nitrogens with zero attached hydrogens (tertiary/aromatic N) is 2. The minimum Gasteiger partial charge on any atom is -0.382 e. The first-order chi connectivity index (χ1) is 6.63. The molecule has 1 rings (SSSR count). The molecule has 1 N–H and O–H groups in total. The summed E-state index contributed by atoms with van der Waals surface area (Å²) in [5.74, 6) is 0. The van der Waals surface area contributed by atoms with Crippen LogP contribution in [0, 0.1) is 21.4 Å². The lowest BCUT2D eigenvalue weighted by molar-refractivity contribution is -0.491. The van der Waals surface area contributed by atoms with Gasteiger partial charge in [-0.3, -0.25) is 10.1 Å². The normalized spacial score (nSPS) is 11.7. The topological polar surface area (TPSA) is 87.2 Å². The van der Waals surface area contributed by atoms with Gasteiger partial charge in [0.25, 0.3) is 0 Å². The number of hydrogen-bond donors (Lipinski definition) is 1. The minimum absolute atomic E-state index is 0.445. The molecule has 0 unspecified atom stereocenters. The predicted molar refractivity (Wildman–Crippen MR) is 48.0 cm³/mol. The Hall–Kier alpha value is -1.93. The van der Waals surface area contributed by atoms with Crippen molar-refractivity contribution in [2.24, 2.45) is 0 Å². The monoisotopic (exact) mass is 192 g/mol. The summed E-state index contributed by atoms with van der Waals surface area (Å²) >= 11 is 0. The Kier molecular flexibility index (Phi) is 3.15. The van der Waals surface area contributed by atoms with Crippen LogP contribution in [0.4, 0.5) is 0 Å². The third kappa shape index (κ3) is 2.54. The minimum atomic E-state index is -1.11. The van der Waals surface area contributed by atoms with E-state index in [2.05, 4.69) is 0 Å². The van der Waals surface area contributed by atoms with Crippen molar-refractivity contribution in [3.05, 3.63) is 45.5 Å². The molecule has 5 heteroatoms. The van der Waals surface area contributed by atoms with E-state index >= 15 is 0 Å². The Morgan fingerprint density at radius 3 is 2.50 bits per heavy atom. The first-order valence-electron chi connectivity index (χ1n) is 3.93. The van der Waals surface area contributed by atoms with Crippen LogP contribution in [0.1, 0.15) is 17.2 Å². The third-order valence-corrected chi connectivity index (χ3v) is 1.75. The Morgan fingerprint density at radius 2 is 2.07 bits per heavy atom. The first-order valence-corrected chi connectivity index (χ1v) is 3.93. The van der Waals surface area contributed by atoms with Crippen LogP contribution < -0.4 is 0 Å². The lowest BCUT2D eigenvalue weighted by Crippen LogP contribution is -2.11. The Balaban J connectivity index is 2.77. The number of hydrogen-bond acceptors (Lipinski definition) is 4. The molecule has 0 aromatic heterocycles. The molecule has 1 aromatic carbocycles. The van der Waals surface area contributed by atoms with Crippen LogP contribution >= 0.6 is 0 Å². The molecule has 1 aromatic rings. The molecule has 72 valence electrons. The average molecular weight is 192 g/mol. The van der Waals surface area contributed by atoms with Crippen LogP contribution in [-0.2, 0) is 0 Å². The molecule has 0 fully saturated rings. The second-order valence-corrected chi connectivity index (χ2v) is 2.76. The van der Waals surface area contributed by atoms with E-state index in [0.717, 1.165) is 0 Å². The van der Waals surface area contributed by atoms with Crippen molar-refractivity contribution < 1.29 is 10.0 Å². The molecule has 0 aliphatic carbocycles. The van der Waals surface area contributed by atoms with Gasteiger partial charge in [-0.05, 0) is 17.7 Å². The van der Waals surface area contributed by atoms with Gasteiger partial charge < -0.3 is 5.11 Å². The lowest BCUT2D eigenvalue weighted by atomic mass is 10.1. The van der Waals surface area contributed by atoms with Crippen LogP contribution in [0.25, 0.3) is 0 Å². The zero-order chi connectivity index (χ0) is 10.6. The van der Waals surface area contributed by atoms with E-state index in [9.17, 15) is 15.2 Å². The summed E-state index contributed by atoms with van der Waals surface area (Å²) in [6, 6.07) is 7.96. The van der Waals surface area contributed by atoms with Crippen molar-refractivity contribution >= 4 is 0 Å². The van der Waals surface area contributed by atoms with Gasteiger partial charge in [-0.2, -0.15) is 5.26 Å². The highest BCUT2D eigenvalue weighted by atomic mass is 16.6. The molecular formula is C9H8N2O3. The summed E-state index contributed by atoms with van der Waals surface area (Å²) in [4.78, 5) is 9.52. The summed E-state index contributed by atoms with van der Waals surface area (Å²) in [6.45, 7) is -0.522. The number of aliphatic hydroxyl groups is 1. The van der Waals surface area contributed by atoms with Crippen LogP contribution in [0.3, 0.4) is 0 Å². The Labute approximate surface area is 80.4 Å². The molecular weight excluding hydrogens is 184 g/mol. The van der Waals surface area contributed by atoms with E-state index < -0.39 is 17.6 Å². The summed E-state index contributed by atoms with van der Waals surface area (Å²) in [6.07, 6.45) is -1.11. The van der Waals surface area contributed by atoms with Gasteiger partial charge in [0.05, 0.1) is 11.6 Å². The van der Waals surface area contributed by atoms with Gasteiger partial charge in [0.15, 0.2) is 0 Å². The molecule has 1 atom stereocenters.